The highest BCUT2D eigenvalue weighted by Gasteiger charge is 2.26. The number of thioether (sulfide) groups is 1. The van der Waals surface area contributed by atoms with E-state index in [2.05, 4.69) is 23.5 Å². The van der Waals surface area contributed by atoms with Gasteiger partial charge in [-0.1, -0.05) is 36.4 Å². The van der Waals surface area contributed by atoms with E-state index in [1.54, 1.807) is 11.8 Å². The standard InChI is InChI=1S/C23H16FNO2S/c24-17-8-5-14(6-9-17)23-18(11-16-3-1-2-4-21(16)28-23)15-7-10-20-19(12-15)25-22(26)13-27-20/h1-12,23H,13H2,(H,25,26). The Morgan fingerprint density at radius 1 is 1.04 bits per heavy atom. The fraction of sp³-hybridized carbons (Fsp3) is 0.0870. The summed E-state index contributed by atoms with van der Waals surface area (Å²) in [6.45, 7) is 0.0382. The lowest BCUT2D eigenvalue weighted by molar-refractivity contribution is -0.118. The quantitative estimate of drug-likeness (QED) is 0.625. The van der Waals surface area contributed by atoms with E-state index >= 15 is 0 Å². The van der Waals surface area contributed by atoms with Gasteiger partial charge < -0.3 is 10.1 Å². The molecule has 0 aromatic heterocycles. The third-order valence-corrected chi connectivity index (χ3v) is 6.26. The molecule has 0 spiro atoms. The highest BCUT2D eigenvalue weighted by atomic mass is 32.2. The zero-order valence-electron chi connectivity index (χ0n) is 14.8. The molecule has 5 rings (SSSR count). The van der Waals surface area contributed by atoms with Crippen molar-refractivity contribution >= 4 is 35.0 Å². The van der Waals surface area contributed by atoms with Crippen molar-refractivity contribution in [2.45, 2.75) is 10.1 Å². The molecular weight excluding hydrogens is 373 g/mol. The molecule has 0 aliphatic carbocycles. The minimum Gasteiger partial charge on any atom is -0.482 e. The van der Waals surface area contributed by atoms with Gasteiger partial charge in [-0.2, -0.15) is 0 Å². The number of ether oxygens (including phenoxy) is 1. The summed E-state index contributed by atoms with van der Waals surface area (Å²) >= 11 is 1.75. The third-order valence-electron chi connectivity index (χ3n) is 4.88. The molecule has 138 valence electrons. The number of fused-ring (bicyclic) bond motifs is 2. The Hall–Kier alpha value is -3.05. The van der Waals surface area contributed by atoms with Crippen molar-refractivity contribution in [3.05, 3.63) is 89.2 Å². The number of amides is 1. The maximum absolute atomic E-state index is 13.5. The summed E-state index contributed by atoms with van der Waals surface area (Å²) in [6, 6.07) is 20.7. The lowest BCUT2D eigenvalue weighted by atomic mass is 9.94. The molecule has 0 saturated carbocycles. The summed E-state index contributed by atoms with van der Waals surface area (Å²) in [5.74, 6) is 0.271. The number of benzene rings is 3. The Morgan fingerprint density at radius 3 is 2.71 bits per heavy atom. The number of hydrogen-bond donors (Lipinski definition) is 1. The molecule has 0 saturated heterocycles. The van der Waals surface area contributed by atoms with Gasteiger partial charge in [-0.05, 0) is 58.7 Å². The van der Waals surface area contributed by atoms with Crippen LogP contribution in [0.25, 0.3) is 11.6 Å². The van der Waals surface area contributed by atoms with Crippen molar-refractivity contribution in [2.75, 3.05) is 11.9 Å². The molecule has 0 bridgehead atoms. The molecule has 1 unspecified atom stereocenters. The van der Waals surface area contributed by atoms with E-state index in [0.717, 1.165) is 22.3 Å². The molecule has 28 heavy (non-hydrogen) atoms. The van der Waals surface area contributed by atoms with Crippen molar-refractivity contribution in [1.29, 1.82) is 0 Å². The number of rotatable bonds is 2. The fourth-order valence-electron chi connectivity index (χ4n) is 3.52. The predicted molar refractivity (Wildman–Crippen MR) is 110 cm³/mol. The van der Waals surface area contributed by atoms with Crippen LogP contribution in [0.2, 0.25) is 0 Å². The number of hydrogen-bond acceptors (Lipinski definition) is 3. The summed E-state index contributed by atoms with van der Waals surface area (Å²) in [6.07, 6.45) is 2.17. The van der Waals surface area contributed by atoms with Crippen LogP contribution in [-0.2, 0) is 4.79 Å². The number of carbonyl (C=O) groups is 1. The van der Waals surface area contributed by atoms with E-state index < -0.39 is 0 Å². The van der Waals surface area contributed by atoms with Crippen LogP contribution >= 0.6 is 11.8 Å². The van der Waals surface area contributed by atoms with Crippen LogP contribution in [-0.4, -0.2) is 12.5 Å². The first kappa shape index (κ1) is 17.1. The molecule has 5 heteroatoms. The first-order valence-electron chi connectivity index (χ1n) is 8.97. The molecule has 1 atom stereocenters. The van der Waals surface area contributed by atoms with Crippen LogP contribution < -0.4 is 10.1 Å². The molecule has 2 aliphatic heterocycles. The summed E-state index contributed by atoms with van der Waals surface area (Å²) in [5.41, 5.74) is 4.97. The Morgan fingerprint density at radius 2 is 1.86 bits per heavy atom. The second-order valence-electron chi connectivity index (χ2n) is 6.73. The van der Waals surface area contributed by atoms with Crippen LogP contribution in [0.1, 0.15) is 21.9 Å². The highest BCUT2D eigenvalue weighted by molar-refractivity contribution is 8.00. The molecule has 1 N–H and O–H groups in total. The number of halogens is 1. The maximum atomic E-state index is 13.5. The first-order valence-corrected chi connectivity index (χ1v) is 9.85. The molecule has 1 amide bonds. The van der Waals surface area contributed by atoms with Crippen molar-refractivity contribution in [1.82, 2.24) is 0 Å². The van der Waals surface area contributed by atoms with Crippen LogP contribution in [0.4, 0.5) is 10.1 Å². The van der Waals surface area contributed by atoms with Crippen molar-refractivity contribution < 1.29 is 13.9 Å². The summed E-state index contributed by atoms with van der Waals surface area (Å²) in [5, 5.41) is 2.90. The first-order chi connectivity index (χ1) is 13.7. The summed E-state index contributed by atoms with van der Waals surface area (Å²) in [4.78, 5) is 12.9. The average Bonchev–Trinajstić information content (AvgIpc) is 2.73. The Bertz CT molecular complexity index is 1110. The van der Waals surface area contributed by atoms with Gasteiger partial charge in [-0.3, -0.25) is 4.79 Å². The van der Waals surface area contributed by atoms with Gasteiger partial charge in [0.25, 0.3) is 5.91 Å². The van der Waals surface area contributed by atoms with Crippen LogP contribution in [0.5, 0.6) is 5.75 Å². The maximum Gasteiger partial charge on any atom is 0.262 e. The smallest absolute Gasteiger partial charge is 0.262 e. The normalized spacial score (nSPS) is 17.7. The fourth-order valence-corrected chi connectivity index (χ4v) is 4.82. The lowest BCUT2D eigenvalue weighted by Crippen LogP contribution is -2.25. The van der Waals surface area contributed by atoms with E-state index in [4.69, 9.17) is 4.74 Å². The van der Waals surface area contributed by atoms with E-state index in [1.807, 2.05) is 42.5 Å². The van der Waals surface area contributed by atoms with Crippen LogP contribution in [0.15, 0.2) is 71.6 Å². The monoisotopic (exact) mass is 389 g/mol. The third kappa shape index (κ3) is 3.08. The van der Waals surface area contributed by atoms with Gasteiger partial charge in [0, 0.05) is 4.90 Å². The van der Waals surface area contributed by atoms with Gasteiger partial charge in [0.2, 0.25) is 0 Å². The van der Waals surface area contributed by atoms with Crippen LogP contribution in [0, 0.1) is 5.82 Å². The van der Waals surface area contributed by atoms with E-state index in [9.17, 15) is 9.18 Å². The molecular formula is C23H16FNO2S. The molecule has 2 heterocycles. The SMILES string of the molecule is O=C1COc2ccc(C3=Cc4ccccc4SC3c3ccc(F)cc3)cc2N1. The van der Waals surface area contributed by atoms with Gasteiger partial charge >= 0.3 is 0 Å². The molecule has 2 aliphatic rings. The highest BCUT2D eigenvalue weighted by Crippen LogP contribution is 2.51. The van der Waals surface area contributed by atoms with Gasteiger partial charge in [0.15, 0.2) is 6.61 Å². The van der Waals surface area contributed by atoms with Gasteiger partial charge in [-0.15, -0.1) is 11.8 Å². The minimum absolute atomic E-state index is 0.0220. The Kier molecular flexibility index (Phi) is 4.17. The van der Waals surface area contributed by atoms with Crippen molar-refractivity contribution in [2.24, 2.45) is 0 Å². The van der Waals surface area contributed by atoms with Crippen molar-refractivity contribution in [3.63, 3.8) is 0 Å². The predicted octanol–water partition coefficient (Wildman–Crippen LogP) is 5.54. The number of anilines is 1. The average molecular weight is 389 g/mol. The zero-order chi connectivity index (χ0) is 19.1. The second kappa shape index (κ2) is 6.84. The zero-order valence-corrected chi connectivity index (χ0v) is 15.6. The molecule has 0 radical (unpaired) electrons. The number of carbonyl (C=O) groups excluding carboxylic acids is 1. The van der Waals surface area contributed by atoms with E-state index in [1.165, 1.54) is 17.0 Å². The topological polar surface area (TPSA) is 38.3 Å². The van der Waals surface area contributed by atoms with Gasteiger partial charge in [0.1, 0.15) is 11.6 Å². The summed E-state index contributed by atoms with van der Waals surface area (Å²) < 4.78 is 18.9. The van der Waals surface area contributed by atoms with Crippen LogP contribution in [0.3, 0.4) is 0 Å². The molecule has 3 aromatic rings. The largest absolute Gasteiger partial charge is 0.482 e. The number of nitrogens with one attached hydrogen (secondary N) is 1. The van der Waals surface area contributed by atoms with Crippen molar-refractivity contribution in [3.8, 4) is 5.75 Å². The second-order valence-corrected chi connectivity index (χ2v) is 7.88. The lowest BCUT2D eigenvalue weighted by Gasteiger charge is -2.27. The molecule has 3 aromatic carbocycles. The van der Waals surface area contributed by atoms with Gasteiger partial charge in [-0.25, -0.2) is 4.39 Å². The Labute approximate surface area is 166 Å². The minimum atomic E-state index is -0.246. The molecule has 3 nitrogen and oxygen atoms in total. The summed E-state index contributed by atoms with van der Waals surface area (Å²) in [7, 11) is 0. The van der Waals surface area contributed by atoms with E-state index in [-0.39, 0.29) is 23.6 Å². The van der Waals surface area contributed by atoms with Gasteiger partial charge in [0.05, 0.1) is 10.9 Å². The van der Waals surface area contributed by atoms with E-state index in [0.29, 0.717) is 11.4 Å². The molecule has 0 fully saturated rings. The Balaban J connectivity index is 1.63.